The lowest BCUT2D eigenvalue weighted by molar-refractivity contribution is 0.0350. The highest BCUT2D eigenvalue weighted by molar-refractivity contribution is 5.88. The third kappa shape index (κ3) is 3.24. The van der Waals surface area contributed by atoms with Crippen LogP contribution in [-0.2, 0) is 11.2 Å². The van der Waals surface area contributed by atoms with E-state index in [1.807, 2.05) is 19.1 Å². The fourth-order valence-corrected chi connectivity index (χ4v) is 4.00. The molecular formula is C20H23N3O4. The number of rotatable bonds is 4. The zero-order chi connectivity index (χ0) is 19.0. The van der Waals surface area contributed by atoms with Crippen LogP contribution in [0.5, 0.6) is 0 Å². The van der Waals surface area contributed by atoms with E-state index in [1.54, 1.807) is 0 Å². The molecule has 3 N–H and O–H groups in total. The molecule has 7 heteroatoms. The summed E-state index contributed by atoms with van der Waals surface area (Å²) in [6.07, 6.45) is 0.859. The zero-order valence-corrected chi connectivity index (χ0v) is 15.2. The molecule has 2 unspecified atom stereocenters. The second-order valence-corrected chi connectivity index (χ2v) is 6.95. The molecular weight excluding hydrogens is 346 g/mol. The van der Waals surface area contributed by atoms with Crippen molar-refractivity contribution in [2.24, 2.45) is 0 Å². The Balaban J connectivity index is 1.65. The van der Waals surface area contributed by atoms with Crippen molar-refractivity contribution in [3.8, 4) is 11.3 Å². The topological polar surface area (TPSA) is 94.7 Å². The molecule has 142 valence electrons. The smallest absolute Gasteiger partial charge is 0.341 e. The van der Waals surface area contributed by atoms with Crippen molar-refractivity contribution in [1.29, 1.82) is 0 Å². The van der Waals surface area contributed by atoms with E-state index in [-0.39, 0.29) is 11.7 Å². The minimum absolute atomic E-state index is 0.222. The maximum Gasteiger partial charge on any atom is 0.341 e. The molecule has 3 heterocycles. The van der Waals surface area contributed by atoms with Gasteiger partial charge >= 0.3 is 5.97 Å². The number of carboxylic acids is 1. The third-order valence-corrected chi connectivity index (χ3v) is 5.41. The molecule has 2 aliphatic heterocycles. The van der Waals surface area contributed by atoms with Gasteiger partial charge in [-0.2, -0.15) is 0 Å². The highest BCUT2D eigenvalue weighted by Gasteiger charge is 2.36. The molecule has 7 nitrogen and oxygen atoms in total. The number of aromatic carboxylic acids is 1. The highest BCUT2D eigenvalue weighted by atomic mass is 16.5. The minimum atomic E-state index is -1.21. The summed E-state index contributed by atoms with van der Waals surface area (Å²) in [6.45, 7) is 5.31. The molecule has 27 heavy (non-hydrogen) atoms. The standard InChI is InChI=1S/C20H23N3O4/c1-2-12-9-15(20(25)26)19(24)22-18(12)13-3-5-14(6-4-13)23-7-8-27-17-11-21-10-16(17)23/h3-6,9,16-17,21H,2,7-8,10-11H2,1H3,(H,22,24)(H,25,26). The van der Waals surface area contributed by atoms with Gasteiger partial charge in [0.25, 0.3) is 5.56 Å². The third-order valence-electron chi connectivity index (χ3n) is 5.41. The van der Waals surface area contributed by atoms with E-state index in [2.05, 4.69) is 27.3 Å². The van der Waals surface area contributed by atoms with Crippen molar-refractivity contribution in [2.75, 3.05) is 31.1 Å². The summed E-state index contributed by atoms with van der Waals surface area (Å²) < 4.78 is 5.83. The SMILES string of the molecule is CCc1cc(C(=O)O)c(=O)[nH]c1-c1ccc(N2CCOC3CNCC32)cc1. The van der Waals surface area contributed by atoms with Gasteiger partial charge in [0.1, 0.15) is 5.56 Å². The first-order valence-corrected chi connectivity index (χ1v) is 9.27. The Hall–Kier alpha value is -2.64. The van der Waals surface area contributed by atoms with Crippen LogP contribution in [0.15, 0.2) is 35.1 Å². The molecule has 1 aromatic heterocycles. The molecule has 2 fully saturated rings. The van der Waals surface area contributed by atoms with Crippen molar-refractivity contribution < 1.29 is 14.6 Å². The van der Waals surface area contributed by atoms with Gasteiger partial charge in [-0.1, -0.05) is 19.1 Å². The number of pyridine rings is 1. The molecule has 4 rings (SSSR count). The minimum Gasteiger partial charge on any atom is -0.477 e. The Bertz CT molecular complexity index is 906. The van der Waals surface area contributed by atoms with Gasteiger partial charge in [-0.05, 0) is 35.7 Å². The van der Waals surface area contributed by atoms with Gasteiger partial charge in [0.05, 0.1) is 24.4 Å². The number of carboxylic acid groups (broad SMARTS) is 1. The number of aromatic amines is 1. The number of aromatic nitrogens is 1. The Morgan fingerprint density at radius 2 is 2.07 bits per heavy atom. The van der Waals surface area contributed by atoms with E-state index in [0.717, 1.165) is 36.4 Å². The molecule has 2 atom stereocenters. The van der Waals surface area contributed by atoms with Gasteiger partial charge in [0, 0.05) is 25.3 Å². The zero-order valence-electron chi connectivity index (χ0n) is 15.2. The van der Waals surface area contributed by atoms with Crippen LogP contribution in [0.1, 0.15) is 22.8 Å². The summed E-state index contributed by atoms with van der Waals surface area (Å²) in [5.41, 5.74) is 2.70. The van der Waals surface area contributed by atoms with Gasteiger partial charge in [-0.15, -0.1) is 0 Å². The Labute approximate surface area is 157 Å². The Kier molecular flexibility index (Phi) is 4.72. The monoisotopic (exact) mass is 369 g/mol. The van der Waals surface area contributed by atoms with Crippen molar-refractivity contribution in [2.45, 2.75) is 25.5 Å². The molecule has 0 saturated carbocycles. The van der Waals surface area contributed by atoms with Crippen molar-refractivity contribution in [3.05, 3.63) is 51.8 Å². The molecule has 0 spiro atoms. The summed E-state index contributed by atoms with van der Waals surface area (Å²) in [5, 5.41) is 12.5. The number of H-pyrrole nitrogens is 1. The second-order valence-electron chi connectivity index (χ2n) is 6.95. The summed E-state index contributed by atoms with van der Waals surface area (Å²) in [5.74, 6) is -1.21. The number of ether oxygens (including phenoxy) is 1. The quantitative estimate of drug-likeness (QED) is 0.756. The van der Waals surface area contributed by atoms with E-state index in [4.69, 9.17) is 9.84 Å². The molecule has 2 saturated heterocycles. The number of benzene rings is 1. The van der Waals surface area contributed by atoms with Crippen LogP contribution >= 0.6 is 0 Å². The number of nitrogens with zero attached hydrogens (tertiary/aromatic N) is 1. The van der Waals surface area contributed by atoms with Crippen molar-refractivity contribution in [1.82, 2.24) is 10.3 Å². The lowest BCUT2D eigenvalue weighted by atomic mass is 10.0. The number of aryl methyl sites for hydroxylation is 1. The molecule has 0 bridgehead atoms. The number of hydrogen-bond acceptors (Lipinski definition) is 5. The molecule has 0 radical (unpaired) electrons. The molecule has 1 aromatic carbocycles. The summed E-state index contributed by atoms with van der Waals surface area (Å²) >= 11 is 0. The second kappa shape index (κ2) is 7.17. The number of carbonyl (C=O) groups is 1. The molecule has 2 aliphatic rings. The van der Waals surface area contributed by atoms with Crippen LogP contribution in [0.3, 0.4) is 0 Å². The first-order chi connectivity index (χ1) is 13.1. The fourth-order valence-electron chi connectivity index (χ4n) is 4.00. The summed E-state index contributed by atoms with van der Waals surface area (Å²) in [4.78, 5) is 28.4. The molecule has 0 amide bonds. The van der Waals surface area contributed by atoms with E-state index in [9.17, 15) is 9.59 Å². The number of morpholine rings is 1. The normalized spacial score (nSPS) is 21.9. The number of fused-ring (bicyclic) bond motifs is 1. The number of hydrogen-bond donors (Lipinski definition) is 3. The number of nitrogens with one attached hydrogen (secondary N) is 2. The first-order valence-electron chi connectivity index (χ1n) is 9.27. The van der Waals surface area contributed by atoms with Gasteiger partial charge in [0.2, 0.25) is 0 Å². The van der Waals surface area contributed by atoms with Crippen LogP contribution < -0.4 is 15.8 Å². The summed E-state index contributed by atoms with van der Waals surface area (Å²) in [7, 11) is 0. The van der Waals surface area contributed by atoms with Crippen LogP contribution in [0.2, 0.25) is 0 Å². The van der Waals surface area contributed by atoms with Crippen LogP contribution in [-0.4, -0.2) is 54.4 Å². The molecule has 2 aromatic rings. The van der Waals surface area contributed by atoms with Crippen LogP contribution in [0.25, 0.3) is 11.3 Å². The van der Waals surface area contributed by atoms with E-state index < -0.39 is 11.5 Å². The lowest BCUT2D eigenvalue weighted by Crippen LogP contribution is -2.50. The maximum atomic E-state index is 12.1. The lowest BCUT2D eigenvalue weighted by Gasteiger charge is -2.38. The highest BCUT2D eigenvalue weighted by Crippen LogP contribution is 2.28. The fraction of sp³-hybridized carbons (Fsp3) is 0.400. The average Bonchev–Trinajstić information content (AvgIpc) is 3.16. The maximum absolute atomic E-state index is 12.1. The van der Waals surface area contributed by atoms with Crippen molar-refractivity contribution >= 4 is 11.7 Å². The Morgan fingerprint density at radius 1 is 1.30 bits per heavy atom. The predicted octanol–water partition coefficient (Wildman–Crippen LogP) is 1.48. The Morgan fingerprint density at radius 3 is 2.78 bits per heavy atom. The van der Waals surface area contributed by atoms with Gasteiger partial charge in [0.15, 0.2) is 0 Å². The van der Waals surface area contributed by atoms with Gasteiger partial charge in [-0.25, -0.2) is 4.79 Å². The molecule has 0 aliphatic carbocycles. The summed E-state index contributed by atoms with van der Waals surface area (Å²) in [6, 6.07) is 9.88. The van der Waals surface area contributed by atoms with E-state index >= 15 is 0 Å². The first kappa shape index (κ1) is 17.8. The van der Waals surface area contributed by atoms with E-state index in [0.29, 0.717) is 24.8 Å². The predicted molar refractivity (Wildman–Crippen MR) is 103 cm³/mol. The van der Waals surface area contributed by atoms with E-state index in [1.165, 1.54) is 6.07 Å². The van der Waals surface area contributed by atoms with Gasteiger partial charge < -0.3 is 25.0 Å². The van der Waals surface area contributed by atoms with Crippen LogP contribution in [0, 0.1) is 0 Å². The van der Waals surface area contributed by atoms with Crippen molar-refractivity contribution in [3.63, 3.8) is 0 Å². The average molecular weight is 369 g/mol. The largest absolute Gasteiger partial charge is 0.477 e. The van der Waals surface area contributed by atoms with Gasteiger partial charge in [-0.3, -0.25) is 4.79 Å². The number of anilines is 1. The van der Waals surface area contributed by atoms with Crippen LogP contribution in [0.4, 0.5) is 5.69 Å².